The molecule has 1 heterocycles. The molecule has 1 unspecified atom stereocenters. The number of halogens is 1. The third-order valence-electron chi connectivity index (χ3n) is 2.53. The summed E-state index contributed by atoms with van der Waals surface area (Å²) in [6.07, 6.45) is 1.66. The molecule has 1 aromatic heterocycles. The summed E-state index contributed by atoms with van der Waals surface area (Å²) in [4.78, 5) is 0. The maximum absolute atomic E-state index is 5.60. The molecule has 3 nitrogen and oxygen atoms in total. The summed E-state index contributed by atoms with van der Waals surface area (Å²) in [6.45, 7) is 2.08. The summed E-state index contributed by atoms with van der Waals surface area (Å²) >= 11 is 2.33. The molecule has 0 fully saturated rings. The van der Waals surface area contributed by atoms with Crippen LogP contribution in [0.5, 0.6) is 0 Å². The van der Waals surface area contributed by atoms with Crippen LogP contribution in [-0.4, -0.2) is 0 Å². The first-order valence-corrected chi connectivity index (χ1v) is 6.06. The van der Waals surface area contributed by atoms with E-state index in [1.807, 2.05) is 18.2 Å². The lowest BCUT2D eigenvalue weighted by Crippen LogP contribution is -2.29. The molecular weight excluding hydrogens is 315 g/mol. The van der Waals surface area contributed by atoms with Crippen LogP contribution in [0.15, 0.2) is 41.0 Å². The second-order valence-corrected chi connectivity index (χ2v) is 4.67. The summed E-state index contributed by atoms with van der Waals surface area (Å²) in [5.74, 6) is 6.43. The molecule has 0 aliphatic carbocycles. The van der Waals surface area contributed by atoms with Crippen LogP contribution in [0.3, 0.4) is 0 Å². The summed E-state index contributed by atoms with van der Waals surface area (Å²) in [6, 6.07) is 9.86. The lowest BCUT2D eigenvalue weighted by Gasteiger charge is -2.16. The highest BCUT2D eigenvalue weighted by Crippen LogP contribution is 2.27. The minimum atomic E-state index is -0.0956. The van der Waals surface area contributed by atoms with Gasteiger partial charge in [-0.3, -0.25) is 5.84 Å². The van der Waals surface area contributed by atoms with Crippen LogP contribution < -0.4 is 11.3 Å². The van der Waals surface area contributed by atoms with Gasteiger partial charge in [0.05, 0.1) is 6.26 Å². The topological polar surface area (TPSA) is 51.2 Å². The second kappa shape index (κ2) is 4.99. The van der Waals surface area contributed by atoms with Crippen molar-refractivity contribution in [2.24, 2.45) is 5.84 Å². The predicted molar refractivity (Wildman–Crippen MR) is 71.8 cm³/mol. The lowest BCUT2D eigenvalue weighted by molar-refractivity contribution is 0.451. The first-order valence-electron chi connectivity index (χ1n) is 4.98. The minimum Gasteiger partial charge on any atom is -0.467 e. The number of hydrogen-bond acceptors (Lipinski definition) is 3. The Labute approximate surface area is 108 Å². The first-order chi connectivity index (χ1) is 7.74. The molecule has 0 aliphatic rings. The molecule has 16 heavy (non-hydrogen) atoms. The summed E-state index contributed by atoms with van der Waals surface area (Å²) in [7, 11) is 0. The van der Waals surface area contributed by atoms with Crippen molar-refractivity contribution in [1.82, 2.24) is 5.43 Å². The highest BCUT2D eigenvalue weighted by Gasteiger charge is 2.18. The van der Waals surface area contributed by atoms with E-state index in [-0.39, 0.29) is 6.04 Å². The van der Waals surface area contributed by atoms with Crippen LogP contribution in [0, 0.1) is 10.5 Å². The van der Waals surface area contributed by atoms with Crippen molar-refractivity contribution in [3.8, 4) is 0 Å². The van der Waals surface area contributed by atoms with Gasteiger partial charge in [-0.1, -0.05) is 18.2 Å². The molecule has 1 atom stereocenters. The van der Waals surface area contributed by atoms with Crippen molar-refractivity contribution in [2.75, 3.05) is 0 Å². The van der Waals surface area contributed by atoms with Gasteiger partial charge in [-0.25, -0.2) is 5.43 Å². The highest BCUT2D eigenvalue weighted by molar-refractivity contribution is 14.1. The lowest BCUT2D eigenvalue weighted by atomic mass is 10.0. The molecule has 0 radical (unpaired) electrons. The molecule has 2 rings (SSSR count). The van der Waals surface area contributed by atoms with Gasteiger partial charge in [0.25, 0.3) is 0 Å². The summed E-state index contributed by atoms with van der Waals surface area (Å²) in [5.41, 5.74) is 5.17. The number of hydrogen-bond donors (Lipinski definition) is 2. The van der Waals surface area contributed by atoms with Gasteiger partial charge in [0.15, 0.2) is 0 Å². The molecule has 3 N–H and O–H groups in total. The number of furan rings is 1. The van der Waals surface area contributed by atoms with Crippen molar-refractivity contribution in [2.45, 2.75) is 13.0 Å². The Morgan fingerprint density at radius 1 is 1.31 bits per heavy atom. The smallest absolute Gasteiger partial charge is 0.126 e. The van der Waals surface area contributed by atoms with Crippen LogP contribution in [0.1, 0.15) is 22.9 Å². The Bertz CT molecular complexity index is 468. The zero-order valence-corrected chi connectivity index (χ0v) is 11.1. The van der Waals surface area contributed by atoms with E-state index >= 15 is 0 Å². The fraction of sp³-hybridized carbons (Fsp3) is 0.167. The monoisotopic (exact) mass is 328 g/mol. The van der Waals surface area contributed by atoms with Gasteiger partial charge in [0.1, 0.15) is 11.8 Å². The molecule has 1 aromatic carbocycles. The Hall–Kier alpha value is -0.850. The van der Waals surface area contributed by atoms with E-state index in [1.54, 1.807) is 6.26 Å². The second-order valence-electron chi connectivity index (χ2n) is 3.59. The molecule has 0 aliphatic heterocycles. The molecular formula is C12H13IN2O. The zero-order valence-electron chi connectivity index (χ0n) is 8.91. The quantitative estimate of drug-likeness (QED) is 0.517. The molecule has 2 aromatic rings. The van der Waals surface area contributed by atoms with Crippen molar-refractivity contribution >= 4 is 22.6 Å². The van der Waals surface area contributed by atoms with Crippen molar-refractivity contribution in [3.63, 3.8) is 0 Å². The third kappa shape index (κ3) is 2.14. The number of nitrogens with one attached hydrogen (secondary N) is 1. The molecule has 0 amide bonds. The first kappa shape index (κ1) is 11.6. The van der Waals surface area contributed by atoms with Gasteiger partial charge < -0.3 is 4.42 Å². The van der Waals surface area contributed by atoms with Gasteiger partial charge in [0.2, 0.25) is 0 Å². The van der Waals surface area contributed by atoms with Crippen molar-refractivity contribution < 1.29 is 4.42 Å². The van der Waals surface area contributed by atoms with Crippen LogP contribution >= 0.6 is 22.6 Å². The predicted octanol–water partition coefficient (Wildman–Crippen LogP) is 2.75. The average Bonchev–Trinajstić information content (AvgIpc) is 2.79. The molecule has 0 saturated heterocycles. The van der Waals surface area contributed by atoms with E-state index < -0.39 is 0 Å². The molecule has 0 saturated carbocycles. The normalized spacial score (nSPS) is 12.7. The van der Waals surface area contributed by atoms with Crippen molar-refractivity contribution in [3.05, 3.63) is 57.1 Å². The summed E-state index contributed by atoms with van der Waals surface area (Å²) in [5, 5.41) is 0. The fourth-order valence-electron chi connectivity index (χ4n) is 1.67. The van der Waals surface area contributed by atoms with Gasteiger partial charge in [-0.05, 0) is 52.8 Å². The van der Waals surface area contributed by atoms with E-state index in [1.165, 1.54) is 9.13 Å². The van der Waals surface area contributed by atoms with E-state index in [0.717, 1.165) is 11.3 Å². The van der Waals surface area contributed by atoms with Crippen LogP contribution in [0.25, 0.3) is 0 Å². The molecule has 0 spiro atoms. The van der Waals surface area contributed by atoms with Gasteiger partial charge in [-0.15, -0.1) is 0 Å². The van der Waals surface area contributed by atoms with E-state index in [4.69, 9.17) is 10.3 Å². The summed E-state index contributed by atoms with van der Waals surface area (Å²) < 4.78 is 6.60. The maximum Gasteiger partial charge on any atom is 0.126 e. The number of rotatable bonds is 3. The molecule has 84 valence electrons. The maximum atomic E-state index is 5.60. The highest BCUT2D eigenvalue weighted by atomic mass is 127. The number of nitrogens with two attached hydrogens (primary N) is 1. The zero-order chi connectivity index (χ0) is 11.5. The Kier molecular flexibility index (Phi) is 3.63. The molecule has 0 bridgehead atoms. The van der Waals surface area contributed by atoms with Crippen LogP contribution in [0.4, 0.5) is 0 Å². The SMILES string of the molecule is Cc1cccc(C(NN)c2ccco2)c1I. The van der Waals surface area contributed by atoms with E-state index in [2.05, 4.69) is 47.1 Å². The Morgan fingerprint density at radius 3 is 2.75 bits per heavy atom. The van der Waals surface area contributed by atoms with Gasteiger partial charge in [-0.2, -0.15) is 0 Å². The third-order valence-corrected chi connectivity index (χ3v) is 4.00. The minimum absolute atomic E-state index is 0.0956. The van der Waals surface area contributed by atoms with E-state index in [0.29, 0.717) is 0 Å². The van der Waals surface area contributed by atoms with Gasteiger partial charge >= 0.3 is 0 Å². The molecule has 4 heteroatoms. The van der Waals surface area contributed by atoms with Gasteiger partial charge in [0, 0.05) is 3.57 Å². The standard InChI is InChI=1S/C12H13IN2O/c1-8-4-2-5-9(11(8)13)12(15-14)10-6-3-7-16-10/h2-7,12,15H,14H2,1H3. The number of aryl methyl sites for hydroxylation is 1. The van der Waals surface area contributed by atoms with Crippen molar-refractivity contribution in [1.29, 1.82) is 0 Å². The Balaban J connectivity index is 2.45. The largest absolute Gasteiger partial charge is 0.467 e. The van der Waals surface area contributed by atoms with Crippen LogP contribution in [-0.2, 0) is 0 Å². The van der Waals surface area contributed by atoms with E-state index in [9.17, 15) is 0 Å². The fourth-order valence-corrected chi connectivity index (χ4v) is 2.34. The number of benzene rings is 1. The average molecular weight is 328 g/mol. The number of hydrazine groups is 1. The van der Waals surface area contributed by atoms with Crippen LogP contribution in [0.2, 0.25) is 0 Å². The Morgan fingerprint density at radius 2 is 2.12 bits per heavy atom.